The molecule has 1 aliphatic rings. The smallest absolute Gasteiger partial charge is 0.297 e. The first kappa shape index (κ1) is 22.8. The van der Waals surface area contributed by atoms with Gasteiger partial charge in [-0.05, 0) is 12.1 Å². The fourth-order valence-corrected chi connectivity index (χ4v) is 4.46. The molecule has 0 amide bonds. The van der Waals surface area contributed by atoms with E-state index in [2.05, 4.69) is 20.7 Å². The van der Waals surface area contributed by atoms with E-state index >= 15 is 0 Å². The van der Waals surface area contributed by atoms with Gasteiger partial charge >= 0.3 is 0 Å². The zero-order valence-electron chi connectivity index (χ0n) is 18.3. The second-order valence-corrected chi connectivity index (χ2v) is 10.5. The maximum absolute atomic E-state index is 13.1. The second kappa shape index (κ2) is 9.22. The van der Waals surface area contributed by atoms with Gasteiger partial charge in [0.05, 0.1) is 29.2 Å². The lowest BCUT2D eigenvalue weighted by atomic mass is 9.96. The standard InChI is InChI=1S/C21H27ClN6O3S/c1-21(2,3)19(30)28-18(24-9-14-4-5-17(22)32-14)8-15(26-28)16-10-27(7-6-23-16)20-25-13(11-29)12-31-20/h4-5,8,12,16,23-24,29H,6-7,9-11H2,1-3H3. The summed E-state index contributed by atoms with van der Waals surface area (Å²) < 4.78 is 7.69. The number of carbonyl (C=O) groups excluding carboxylic acids is 1. The molecule has 3 aromatic rings. The number of halogens is 1. The molecule has 3 aromatic heterocycles. The molecule has 1 aliphatic heterocycles. The van der Waals surface area contributed by atoms with E-state index in [1.165, 1.54) is 22.3 Å². The lowest BCUT2D eigenvalue weighted by Crippen LogP contribution is -2.46. The summed E-state index contributed by atoms with van der Waals surface area (Å²) in [6, 6.07) is 6.09. The van der Waals surface area contributed by atoms with Gasteiger partial charge in [-0.25, -0.2) is 0 Å². The molecule has 0 aromatic carbocycles. The number of aromatic nitrogens is 3. The van der Waals surface area contributed by atoms with Gasteiger partial charge in [0.1, 0.15) is 17.8 Å². The second-order valence-electron chi connectivity index (χ2n) is 8.71. The summed E-state index contributed by atoms with van der Waals surface area (Å²) in [5, 5.41) is 20.7. The highest BCUT2D eigenvalue weighted by molar-refractivity contribution is 7.16. The number of thiophene rings is 1. The lowest BCUT2D eigenvalue weighted by molar-refractivity contribution is 0.0751. The molecule has 0 radical (unpaired) electrons. The summed E-state index contributed by atoms with van der Waals surface area (Å²) in [5.41, 5.74) is 0.666. The van der Waals surface area contributed by atoms with Crippen LogP contribution < -0.4 is 15.5 Å². The third kappa shape index (κ3) is 4.98. The summed E-state index contributed by atoms with van der Waals surface area (Å²) in [4.78, 5) is 20.5. The van der Waals surface area contributed by atoms with Crippen LogP contribution in [0.3, 0.4) is 0 Å². The first-order valence-corrected chi connectivity index (χ1v) is 11.6. The number of carbonyl (C=O) groups is 1. The van der Waals surface area contributed by atoms with Crippen molar-refractivity contribution in [3.05, 3.63) is 45.1 Å². The number of hydrogen-bond acceptors (Lipinski definition) is 9. The van der Waals surface area contributed by atoms with Gasteiger partial charge in [0.15, 0.2) is 0 Å². The molecule has 0 saturated carbocycles. The number of rotatable bonds is 6. The first-order chi connectivity index (χ1) is 15.2. The molecular weight excluding hydrogens is 452 g/mol. The van der Waals surface area contributed by atoms with Crippen molar-refractivity contribution in [3.63, 3.8) is 0 Å². The molecule has 1 saturated heterocycles. The number of hydrogen-bond donors (Lipinski definition) is 3. The number of nitrogens with one attached hydrogen (secondary N) is 2. The van der Waals surface area contributed by atoms with Crippen molar-refractivity contribution in [1.82, 2.24) is 20.1 Å². The first-order valence-electron chi connectivity index (χ1n) is 10.4. The Balaban J connectivity index is 1.57. The Bertz CT molecular complexity index is 1090. The summed E-state index contributed by atoms with van der Waals surface area (Å²) in [6.45, 7) is 8.01. The van der Waals surface area contributed by atoms with Gasteiger partial charge in [-0.1, -0.05) is 32.4 Å². The molecular formula is C21H27ClN6O3S. The minimum atomic E-state index is -0.587. The fourth-order valence-electron chi connectivity index (χ4n) is 3.43. The Labute approximate surface area is 195 Å². The van der Waals surface area contributed by atoms with Crippen LogP contribution in [-0.4, -0.2) is 45.4 Å². The van der Waals surface area contributed by atoms with Gasteiger partial charge in [-0.3, -0.25) is 4.79 Å². The Hall–Kier alpha value is -2.40. The van der Waals surface area contributed by atoms with Gasteiger partial charge < -0.3 is 25.1 Å². The molecule has 1 atom stereocenters. The minimum Gasteiger partial charge on any atom is -0.432 e. The van der Waals surface area contributed by atoms with E-state index in [4.69, 9.17) is 16.0 Å². The van der Waals surface area contributed by atoms with Crippen LogP contribution in [0, 0.1) is 5.41 Å². The Morgan fingerprint density at radius 3 is 2.91 bits per heavy atom. The lowest BCUT2D eigenvalue weighted by Gasteiger charge is -2.31. The zero-order valence-corrected chi connectivity index (χ0v) is 19.8. The van der Waals surface area contributed by atoms with Gasteiger partial charge in [0, 0.05) is 36.0 Å². The third-order valence-corrected chi connectivity index (χ3v) is 6.37. The molecule has 1 fully saturated rings. The van der Waals surface area contributed by atoms with E-state index in [0.717, 1.165) is 14.9 Å². The molecule has 32 heavy (non-hydrogen) atoms. The van der Waals surface area contributed by atoms with E-state index in [9.17, 15) is 9.90 Å². The van der Waals surface area contributed by atoms with Crippen LogP contribution in [0.15, 0.2) is 28.9 Å². The summed E-state index contributed by atoms with van der Waals surface area (Å²) in [7, 11) is 0. The molecule has 0 bridgehead atoms. The quantitative estimate of drug-likeness (QED) is 0.493. The van der Waals surface area contributed by atoms with Crippen molar-refractivity contribution >= 4 is 40.7 Å². The Morgan fingerprint density at radius 2 is 2.25 bits per heavy atom. The normalized spacial score (nSPS) is 17.0. The summed E-state index contributed by atoms with van der Waals surface area (Å²) in [6.07, 6.45) is 1.46. The maximum atomic E-state index is 13.1. The van der Waals surface area contributed by atoms with Gasteiger partial charge in [-0.15, -0.1) is 11.3 Å². The van der Waals surface area contributed by atoms with Crippen LogP contribution in [0.5, 0.6) is 0 Å². The zero-order chi connectivity index (χ0) is 22.9. The van der Waals surface area contributed by atoms with Crippen molar-refractivity contribution in [1.29, 1.82) is 0 Å². The molecule has 0 spiro atoms. The van der Waals surface area contributed by atoms with Crippen molar-refractivity contribution in [2.75, 3.05) is 29.9 Å². The fraction of sp³-hybridized carbons (Fsp3) is 0.476. The van der Waals surface area contributed by atoms with Crippen LogP contribution in [-0.2, 0) is 13.2 Å². The van der Waals surface area contributed by atoms with Crippen molar-refractivity contribution in [2.45, 2.75) is 40.0 Å². The molecule has 1 unspecified atom stereocenters. The predicted molar refractivity (Wildman–Crippen MR) is 124 cm³/mol. The van der Waals surface area contributed by atoms with E-state index < -0.39 is 5.41 Å². The monoisotopic (exact) mass is 478 g/mol. The third-order valence-electron chi connectivity index (χ3n) is 5.14. The Kier molecular flexibility index (Phi) is 6.57. The largest absolute Gasteiger partial charge is 0.432 e. The van der Waals surface area contributed by atoms with Crippen LogP contribution in [0.4, 0.5) is 11.8 Å². The van der Waals surface area contributed by atoms with Crippen LogP contribution in [0.25, 0.3) is 0 Å². The van der Waals surface area contributed by atoms with Crippen LogP contribution in [0.2, 0.25) is 4.34 Å². The van der Waals surface area contributed by atoms with Crippen LogP contribution >= 0.6 is 22.9 Å². The number of aliphatic hydroxyl groups excluding tert-OH is 1. The average Bonchev–Trinajstić information content (AvgIpc) is 3.50. The van der Waals surface area contributed by atoms with Crippen molar-refractivity contribution < 1.29 is 14.3 Å². The highest BCUT2D eigenvalue weighted by Gasteiger charge is 2.30. The van der Waals surface area contributed by atoms with Crippen molar-refractivity contribution in [3.8, 4) is 0 Å². The number of piperazine rings is 1. The highest BCUT2D eigenvalue weighted by atomic mass is 35.5. The van der Waals surface area contributed by atoms with E-state index in [0.29, 0.717) is 43.7 Å². The molecule has 9 nitrogen and oxygen atoms in total. The van der Waals surface area contributed by atoms with Crippen molar-refractivity contribution in [2.24, 2.45) is 5.41 Å². The molecule has 3 N–H and O–H groups in total. The molecule has 11 heteroatoms. The predicted octanol–water partition coefficient (Wildman–Crippen LogP) is 3.53. The summed E-state index contributed by atoms with van der Waals surface area (Å²) in [5.74, 6) is 0.547. The number of nitrogens with zero attached hydrogens (tertiary/aromatic N) is 4. The average molecular weight is 479 g/mol. The highest BCUT2D eigenvalue weighted by Crippen LogP contribution is 2.27. The van der Waals surface area contributed by atoms with Gasteiger partial charge in [0.25, 0.3) is 11.9 Å². The van der Waals surface area contributed by atoms with Crippen LogP contribution in [0.1, 0.15) is 47.9 Å². The minimum absolute atomic E-state index is 0.0941. The van der Waals surface area contributed by atoms with Gasteiger partial charge in [-0.2, -0.15) is 14.8 Å². The van der Waals surface area contributed by atoms with E-state index in [-0.39, 0.29) is 18.6 Å². The molecule has 0 aliphatic carbocycles. The van der Waals surface area contributed by atoms with Gasteiger partial charge in [0.2, 0.25) is 0 Å². The molecule has 4 heterocycles. The summed E-state index contributed by atoms with van der Waals surface area (Å²) >= 11 is 7.54. The number of oxazole rings is 1. The number of anilines is 2. The SMILES string of the molecule is CC(C)(C)C(=O)n1nc(C2CN(c3nc(CO)co3)CCN2)cc1NCc1ccc(Cl)s1. The van der Waals surface area contributed by atoms with E-state index in [1.54, 1.807) is 0 Å². The topological polar surface area (TPSA) is 108 Å². The Morgan fingerprint density at radius 1 is 1.44 bits per heavy atom. The molecule has 4 rings (SSSR count). The van der Waals surface area contributed by atoms with E-state index in [1.807, 2.05) is 43.9 Å². The molecule has 172 valence electrons. The number of aliphatic hydroxyl groups is 1. The maximum Gasteiger partial charge on any atom is 0.297 e.